The van der Waals surface area contributed by atoms with Crippen molar-refractivity contribution in [2.75, 3.05) is 0 Å². The van der Waals surface area contributed by atoms with Gasteiger partial charge >= 0.3 is 0 Å². The molecule has 5 atom stereocenters. The second-order valence-electron chi connectivity index (χ2n) is 9.28. The molecule has 30 heavy (non-hydrogen) atoms. The number of rotatable bonds is 10. The average Bonchev–Trinajstić information content (AvgIpc) is 2.78. The minimum absolute atomic E-state index is 0.158. The van der Waals surface area contributed by atoms with Crippen molar-refractivity contribution in [3.63, 3.8) is 0 Å². The number of unbranched alkanes of at least 4 members (excludes halogenated alkanes) is 4. The molecular formula is C28H41NO. The van der Waals surface area contributed by atoms with Gasteiger partial charge in [-0.3, -0.25) is 0 Å². The van der Waals surface area contributed by atoms with Crippen LogP contribution in [0.4, 0.5) is 0 Å². The second kappa shape index (κ2) is 11.1. The number of hydrogen-bond donors (Lipinski definition) is 2. The third kappa shape index (κ3) is 5.15. The first-order valence-electron chi connectivity index (χ1n) is 12.2. The van der Waals surface area contributed by atoms with E-state index in [-0.39, 0.29) is 23.9 Å². The van der Waals surface area contributed by atoms with Gasteiger partial charge in [0.2, 0.25) is 0 Å². The molecule has 0 spiro atoms. The van der Waals surface area contributed by atoms with Gasteiger partial charge in [0.05, 0.1) is 5.60 Å². The summed E-state index contributed by atoms with van der Waals surface area (Å²) in [5.41, 5.74) is 1.92. The zero-order valence-corrected chi connectivity index (χ0v) is 19.2. The van der Waals surface area contributed by atoms with Gasteiger partial charge in [-0.05, 0) is 24.0 Å². The van der Waals surface area contributed by atoms with E-state index in [2.05, 4.69) is 86.8 Å². The summed E-state index contributed by atoms with van der Waals surface area (Å²) < 4.78 is 0. The van der Waals surface area contributed by atoms with Gasteiger partial charge in [-0.1, -0.05) is 120 Å². The molecule has 0 radical (unpaired) electrons. The Bertz CT molecular complexity index is 731. The number of hydrogen-bond acceptors (Lipinski definition) is 2. The molecule has 0 aromatic heterocycles. The fourth-order valence-electron chi connectivity index (χ4n) is 5.56. The van der Waals surface area contributed by atoms with E-state index >= 15 is 0 Å². The molecule has 0 aliphatic carbocycles. The molecule has 1 fully saturated rings. The summed E-state index contributed by atoms with van der Waals surface area (Å²) >= 11 is 0. The Hall–Kier alpha value is -1.64. The molecule has 2 aromatic rings. The minimum Gasteiger partial charge on any atom is -0.389 e. The number of piperidine rings is 1. The lowest BCUT2D eigenvalue weighted by molar-refractivity contribution is -0.126. The zero-order chi connectivity index (χ0) is 21.4. The monoisotopic (exact) mass is 407 g/mol. The Morgan fingerprint density at radius 3 is 1.90 bits per heavy atom. The number of benzene rings is 2. The molecule has 2 nitrogen and oxygen atoms in total. The predicted octanol–water partition coefficient (Wildman–Crippen LogP) is 7.22. The number of nitrogens with one attached hydrogen (secondary N) is 1. The van der Waals surface area contributed by atoms with E-state index in [0.717, 1.165) is 25.7 Å². The Balaban J connectivity index is 1.94. The molecular weight excluding hydrogens is 366 g/mol. The molecule has 0 bridgehead atoms. The fourth-order valence-corrected chi connectivity index (χ4v) is 5.56. The normalized spacial score (nSPS) is 29.1. The van der Waals surface area contributed by atoms with Gasteiger partial charge in [0.25, 0.3) is 0 Å². The fraction of sp³-hybridized carbons (Fsp3) is 0.571. The third-order valence-corrected chi connectivity index (χ3v) is 7.29. The molecule has 1 aliphatic rings. The molecule has 2 N–H and O–H groups in total. The van der Waals surface area contributed by atoms with Crippen LogP contribution < -0.4 is 5.32 Å². The highest BCUT2D eigenvalue weighted by atomic mass is 16.3. The summed E-state index contributed by atoms with van der Waals surface area (Å²) in [6.07, 6.45) is 9.22. The van der Waals surface area contributed by atoms with E-state index in [1.54, 1.807) is 0 Å². The van der Waals surface area contributed by atoms with Crippen LogP contribution in [-0.2, 0) is 0 Å². The van der Waals surface area contributed by atoms with Crippen LogP contribution in [0.3, 0.4) is 0 Å². The quantitative estimate of drug-likeness (QED) is 0.408. The van der Waals surface area contributed by atoms with Crippen LogP contribution in [0.5, 0.6) is 0 Å². The number of aliphatic hydroxyl groups is 1. The van der Waals surface area contributed by atoms with Crippen molar-refractivity contribution in [2.24, 2.45) is 11.8 Å². The van der Waals surface area contributed by atoms with Crippen LogP contribution in [0, 0.1) is 11.8 Å². The van der Waals surface area contributed by atoms with E-state index in [1.807, 2.05) is 0 Å². The standard InChI is InChI=1S/C28H41NO/c1-4-6-7-8-15-21-28(30)22(3)26(23-17-11-9-12-18-23)29-27(25(28)16-5-2)24-19-13-10-14-20-24/h9-14,17-20,22,25-27,29-30H,4-8,15-16,21H2,1-3H3. The van der Waals surface area contributed by atoms with E-state index in [0.29, 0.717) is 0 Å². The van der Waals surface area contributed by atoms with Crippen molar-refractivity contribution >= 4 is 0 Å². The Morgan fingerprint density at radius 1 is 0.767 bits per heavy atom. The highest BCUT2D eigenvalue weighted by molar-refractivity contribution is 5.28. The van der Waals surface area contributed by atoms with Crippen molar-refractivity contribution in [1.82, 2.24) is 5.32 Å². The Labute approximate surface area is 184 Å². The van der Waals surface area contributed by atoms with E-state index < -0.39 is 5.60 Å². The summed E-state index contributed by atoms with van der Waals surface area (Å²) in [7, 11) is 0. The maximum Gasteiger partial charge on any atom is 0.0737 e. The molecule has 3 rings (SSSR count). The molecule has 2 heteroatoms. The van der Waals surface area contributed by atoms with Crippen molar-refractivity contribution in [3.8, 4) is 0 Å². The lowest BCUT2D eigenvalue weighted by atomic mass is 9.62. The molecule has 5 unspecified atom stereocenters. The SMILES string of the molecule is CCCCCCCC1(O)C(C)C(c2ccccc2)NC(c2ccccc2)C1CCC. The minimum atomic E-state index is -0.658. The van der Waals surface area contributed by atoms with Gasteiger partial charge in [-0.15, -0.1) is 0 Å². The topological polar surface area (TPSA) is 32.3 Å². The smallest absolute Gasteiger partial charge is 0.0737 e. The predicted molar refractivity (Wildman–Crippen MR) is 127 cm³/mol. The Kier molecular flexibility index (Phi) is 8.53. The summed E-state index contributed by atoms with van der Waals surface area (Å²) in [5, 5.41) is 16.3. The van der Waals surface area contributed by atoms with Crippen molar-refractivity contribution < 1.29 is 5.11 Å². The first kappa shape index (κ1) is 23.0. The van der Waals surface area contributed by atoms with Gasteiger partial charge in [0.1, 0.15) is 0 Å². The molecule has 2 aromatic carbocycles. The zero-order valence-electron chi connectivity index (χ0n) is 19.2. The summed E-state index contributed by atoms with van der Waals surface area (Å²) in [5.74, 6) is 0.397. The molecule has 0 saturated carbocycles. The third-order valence-electron chi connectivity index (χ3n) is 7.29. The van der Waals surface area contributed by atoms with Crippen LogP contribution in [-0.4, -0.2) is 10.7 Å². The lowest BCUT2D eigenvalue weighted by Gasteiger charge is -2.53. The summed E-state index contributed by atoms with van der Waals surface area (Å²) in [6.45, 7) is 6.77. The van der Waals surface area contributed by atoms with Crippen LogP contribution in [0.1, 0.15) is 95.3 Å². The van der Waals surface area contributed by atoms with Gasteiger partial charge in [0.15, 0.2) is 0 Å². The van der Waals surface area contributed by atoms with E-state index in [1.165, 1.54) is 36.8 Å². The van der Waals surface area contributed by atoms with Crippen molar-refractivity contribution in [2.45, 2.75) is 89.8 Å². The summed E-state index contributed by atoms with van der Waals surface area (Å²) in [4.78, 5) is 0. The summed E-state index contributed by atoms with van der Waals surface area (Å²) in [6, 6.07) is 21.8. The molecule has 0 amide bonds. The van der Waals surface area contributed by atoms with Crippen LogP contribution in [0.15, 0.2) is 60.7 Å². The first-order valence-corrected chi connectivity index (χ1v) is 12.2. The van der Waals surface area contributed by atoms with Crippen molar-refractivity contribution in [1.29, 1.82) is 0 Å². The van der Waals surface area contributed by atoms with Gasteiger partial charge in [0, 0.05) is 23.9 Å². The van der Waals surface area contributed by atoms with Gasteiger partial charge in [-0.2, -0.15) is 0 Å². The molecule has 1 heterocycles. The Morgan fingerprint density at radius 2 is 1.33 bits per heavy atom. The van der Waals surface area contributed by atoms with E-state index in [9.17, 15) is 5.11 Å². The molecule has 1 aliphatic heterocycles. The molecule has 1 saturated heterocycles. The van der Waals surface area contributed by atoms with Gasteiger partial charge in [-0.25, -0.2) is 0 Å². The van der Waals surface area contributed by atoms with Gasteiger partial charge < -0.3 is 10.4 Å². The lowest BCUT2D eigenvalue weighted by Crippen LogP contribution is -2.58. The second-order valence-corrected chi connectivity index (χ2v) is 9.28. The highest BCUT2D eigenvalue weighted by Gasteiger charge is 2.52. The van der Waals surface area contributed by atoms with Crippen LogP contribution in [0.2, 0.25) is 0 Å². The van der Waals surface area contributed by atoms with Crippen molar-refractivity contribution in [3.05, 3.63) is 71.8 Å². The largest absolute Gasteiger partial charge is 0.389 e. The van der Waals surface area contributed by atoms with Crippen LogP contribution in [0.25, 0.3) is 0 Å². The average molecular weight is 408 g/mol. The maximum atomic E-state index is 12.3. The van der Waals surface area contributed by atoms with Crippen LogP contribution >= 0.6 is 0 Å². The highest BCUT2D eigenvalue weighted by Crippen LogP contribution is 2.50. The maximum absolute atomic E-state index is 12.3. The first-order chi connectivity index (χ1) is 14.6. The molecule has 164 valence electrons. The van der Waals surface area contributed by atoms with E-state index in [4.69, 9.17) is 0 Å².